The summed E-state index contributed by atoms with van der Waals surface area (Å²) in [6.07, 6.45) is -22.3. The van der Waals surface area contributed by atoms with Crippen molar-refractivity contribution in [3.63, 3.8) is 0 Å². The average molecular weight is 504 g/mol. The van der Waals surface area contributed by atoms with E-state index in [-0.39, 0.29) is 0 Å². The van der Waals surface area contributed by atoms with Crippen LogP contribution in [0.2, 0.25) is 0 Å². The van der Waals surface area contributed by atoms with E-state index in [1.807, 2.05) is 0 Å². The molecule has 0 aliphatic carbocycles. The van der Waals surface area contributed by atoms with Gasteiger partial charge < -0.3 is 79.9 Å². The summed E-state index contributed by atoms with van der Waals surface area (Å²) in [7, 11) is 0. The van der Waals surface area contributed by atoms with Gasteiger partial charge in [0.15, 0.2) is 12.6 Å². The summed E-state index contributed by atoms with van der Waals surface area (Å²) in [5, 5.41) is 109. The molecule has 0 bridgehead atoms. The molecule has 0 saturated carbocycles. The Hall–Kier alpha value is -0.640. The van der Waals surface area contributed by atoms with Gasteiger partial charge in [-0.3, -0.25) is 0 Å². The van der Waals surface area contributed by atoms with Gasteiger partial charge in [-0.05, 0) is 0 Å². The molecule has 0 aromatic heterocycles. The van der Waals surface area contributed by atoms with E-state index in [0.29, 0.717) is 0 Å². The summed E-state index contributed by atoms with van der Waals surface area (Å²) in [5.74, 6) is -2.43. The van der Waals surface area contributed by atoms with Crippen LogP contribution in [0.15, 0.2) is 0 Å². The lowest BCUT2D eigenvalue weighted by Gasteiger charge is -2.45. The molecule has 3 heterocycles. The molecule has 0 aromatic carbocycles. The lowest BCUT2D eigenvalue weighted by Crippen LogP contribution is -2.64. The van der Waals surface area contributed by atoms with Crippen LogP contribution in [-0.4, -0.2) is 168 Å². The normalized spacial score (nSPS) is 52.1. The smallest absolute Gasteiger partial charge is 0.224 e. The molecule has 3 aliphatic heterocycles. The zero-order valence-electron chi connectivity index (χ0n) is 17.8. The molecular formula is C18H32O16. The number of ether oxygens (including phenoxy) is 5. The Morgan fingerprint density at radius 1 is 0.559 bits per heavy atom. The highest BCUT2D eigenvalue weighted by atomic mass is 16.8. The fourth-order valence-electron chi connectivity index (χ4n) is 4.12. The van der Waals surface area contributed by atoms with Gasteiger partial charge in [-0.15, -0.1) is 0 Å². The summed E-state index contributed by atoms with van der Waals surface area (Å²) in [5.41, 5.74) is 0. The van der Waals surface area contributed by atoms with E-state index < -0.39 is 112 Å². The van der Waals surface area contributed by atoms with Crippen molar-refractivity contribution < 1.29 is 79.9 Å². The Morgan fingerprint density at radius 3 is 1.50 bits per heavy atom. The van der Waals surface area contributed by atoms with E-state index in [2.05, 4.69) is 0 Å². The highest BCUT2D eigenvalue weighted by Gasteiger charge is 2.61. The Labute approximate surface area is 192 Å². The highest BCUT2D eigenvalue weighted by Crippen LogP contribution is 2.39. The monoisotopic (exact) mass is 504 g/mol. The van der Waals surface area contributed by atoms with Crippen LogP contribution in [0.1, 0.15) is 0 Å². The van der Waals surface area contributed by atoms with Crippen molar-refractivity contribution >= 4 is 0 Å². The van der Waals surface area contributed by atoms with Gasteiger partial charge in [0.2, 0.25) is 5.79 Å². The molecule has 16 nitrogen and oxygen atoms in total. The molecule has 200 valence electrons. The second-order valence-corrected chi connectivity index (χ2v) is 8.37. The van der Waals surface area contributed by atoms with Crippen molar-refractivity contribution in [3.05, 3.63) is 0 Å². The minimum Gasteiger partial charge on any atom is -0.394 e. The van der Waals surface area contributed by atoms with Gasteiger partial charge in [0.05, 0.1) is 19.8 Å². The minimum absolute atomic E-state index is 0.777. The predicted molar refractivity (Wildman–Crippen MR) is 101 cm³/mol. The second kappa shape index (κ2) is 11.2. The fourth-order valence-corrected chi connectivity index (χ4v) is 4.12. The van der Waals surface area contributed by atoms with Crippen molar-refractivity contribution in [2.75, 3.05) is 26.4 Å². The molecule has 3 rings (SSSR count). The first-order chi connectivity index (χ1) is 16.0. The molecule has 3 aliphatic rings. The van der Waals surface area contributed by atoms with Crippen LogP contribution >= 0.6 is 0 Å². The van der Waals surface area contributed by atoms with Crippen LogP contribution < -0.4 is 0 Å². The first kappa shape index (κ1) is 27.9. The third-order valence-electron chi connectivity index (χ3n) is 6.17. The van der Waals surface area contributed by atoms with E-state index >= 15 is 0 Å². The zero-order valence-corrected chi connectivity index (χ0v) is 17.8. The van der Waals surface area contributed by atoms with Crippen molar-refractivity contribution in [1.82, 2.24) is 0 Å². The van der Waals surface area contributed by atoms with Crippen molar-refractivity contribution in [3.8, 4) is 0 Å². The summed E-state index contributed by atoms with van der Waals surface area (Å²) in [6, 6.07) is 0. The molecule has 0 radical (unpaired) electrons. The van der Waals surface area contributed by atoms with Gasteiger partial charge in [0, 0.05) is 0 Å². The van der Waals surface area contributed by atoms with E-state index in [1.165, 1.54) is 0 Å². The van der Waals surface area contributed by atoms with Crippen LogP contribution in [0.4, 0.5) is 0 Å². The maximum Gasteiger partial charge on any atom is 0.224 e. The standard InChI is InChI=1S/C18H32O16/c19-1-5-8(23)11(26)13(28)16(30-5)32-15-10(25)7(3-21)33-18(15,4-22)34-17-14(29)12(27)9(24)6(2-20)31-17/h5-17,19-29H,1-4H2/t5?,6?,7-,8-,9-,10+,11?,12?,13+,14+,15?,16-,17+,18+/m1/s1. The quantitative estimate of drug-likeness (QED) is 0.146. The number of hydrogen-bond donors (Lipinski definition) is 11. The molecule has 11 N–H and O–H groups in total. The van der Waals surface area contributed by atoms with Gasteiger partial charge in [-0.1, -0.05) is 0 Å². The Kier molecular flexibility index (Phi) is 9.18. The predicted octanol–water partition coefficient (Wildman–Crippen LogP) is -7.57. The largest absolute Gasteiger partial charge is 0.394 e. The Balaban J connectivity index is 1.87. The van der Waals surface area contributed by atoms with Gasteiger partial charge in [-0.25, -0.2) is 0 Å². The van der Waals surface area contributed by atoms with Crippen LogP contribution in [0.25, 0.3) is 0 Å². The van der Waals surface area contributed by atoms with Crippen LogP contribution in [-0.2, 0) is 23.7 Å². The molecule has 0 spiro atoms. The number of aliphatic hydroxyl groups excluding tert-OH is 11. The average Bonchev–Trinajstić information content (AvgIpc) is 3.10. The van der Waals surface area contributed by atoms with E-state index in [4.69, 9.17) is 23.7 Å². The summed E-state index contributed by atoms with van der Waals surface area (Å²) < 4.78 is 27.0. The molecule has 3 fully saturated rings. The number of aliphatic hydroxyl groups is 11. The first-order valence-electron chi connectivity index (χ1n) is 10.6. The molecule has 0 amide bonds. The summed E-state index contributed by atoms with van der Waals surface area (Å²) >= 11 is 0. The lowest BCUT2D eigenvalue weighted by atomic mass is 9.98. The van der Waals surface area contributed by atoms with Gasteiger partial charge in [-0.2, -0.15) is 0 Å². The van der Waals surface area contributed by atoms with Gasteiger partial charge in [0.25, 0.3) is 0 Å². The molecule has 5 unspecified atom stereocenters. The first-order valence-corrected chi connectivity index (χ1v) is 10.6. The summed E-state index contributed by atoms with van der Waals surface area (Å²) in [4.78, 5) is 0. The fraction of sp³-hybridized carbons (Fsp3) is 1.00. The SMILES string of the molecule is OCC1O[C@H](OC2[C@@H](O)[C@@H](CO)O[C@@]2(CO)O[C@@H]2OC(CO)[C@@H](O)C(O)[C@@H]2O)[C@@H](O)C(O)[C@@H]1O. The number of rotatable bonds is 8. The van der Waals surface area contributed by atoms with E-state index in [1.54, 1.807) is 0 Å². The van der Waals surface area contributed by atoms with Crippen LogP contribution in [0.3, 0.4) is 0 Å². The molecule has 3 saturated heterocycles. The third kappa shape index (κ3) is 4.96. The van der Waals surface area contributed by atoms with Gasteiger partial charge in [0.1, 0.15) is 73.8 Å². The minimum atomic E-state index is -2.43. The molecule has 34 heavy (non-hydrogen) atoms. The van der Waals surface area contributed by atoms with E-state index in [0.717, 1.165) is 0 Å². The lowest BCUT2D eigenvalue weighted by molar-refractivity contribution is -0.400. The van der Waals surface area contributed by atoms with Crippen molar-refractivity contribution in [2.24, 2.45) is 0 Å². The molecule has 14 atom stereocenters. The highest BCUT2D eigenvalue weighted by molar-refractivity contribution is 5.01. The topological polar surface area (TPSA) is 269 Å². The van der Waals surface area contributed by atoms with E-state index in [9.17, 15) is 56.2 Å². The van der Waals surface area contributed by atoms with Gasteiger partial charge >= 0.3 is 0 Å². The second-order valence-electron chi connectivity index (χ2n) is 8.37. The molecule has 0 aromatic rings. The zero-order chi connectivity index (χ0) is 25.4. The Morgan fingerprint density at radius 2 is 1.03 bits per heavy atom. The number of hydrogen-bond acceptors (Lipinski definition) is 16. The van der Waals surface area contributed by atoms with Crippen molar-refractivity contribution in [1.29, 1.82) is 0 Å². The maximum atomic E-state index is 10.6. The summed E-state index contributed by atoms with van der Waals surface area (Å²) in [6.45, 7) is -3.49. The third-order valence-corrected chi connectivity index (χ3v) is 6.17. The van der Waals surface area contributed by atoms with Crippen LogP contribution in [0, 0.1) is 0 Å². The Bertz CT molecular complexity index is 651. The van der Waals surface area contributed by atoms with Crippen molar-refractivity contribution in [2.45, 2.75) is 85.5 Å². The molecular weight excluding hydrogens is 472 g/mol. The van der Waals surface area contributed by atoms with Crippen LogP contribution in [0.5, 0.6) is 0 Å². The maximum absolute atomic E-state index is 10.6. The molecule has 16 heteroatoms.